The van der Waals surface area contributed by atoms with Gasteiger partial charge in [0.2, 0.25) is 5.43 Å². The number of hydrogen-bond acceptors (Lipinski definition) is 8. The molecule has 3 aliphatic rings. The smallest absolute Gasteiger partial charge is 0.256 e. The molecule has 0 radical (unpaired) electrons. The van der Waals surface area contributed by atoms with Crippen molar-refractivity contribution in [3.05, 3.63) is 70.3 Å². The quantitative estimate of drug-likeness (QED) is 0.244. The first-order chi connectivity index (χ1) is 22.0. The van der Waals surface area contributed by atoms with Crippen LogP contribution in [0.5, 0.6) is 11.5 Å². The average Bonchev–Trinajstić information content (AvgIpc) is 3.06. The van der Waals surface area contributed by atoms with Crippen molar-refractivity contribution in [2.24, 2.45) is 0 Å². The molecule has 45 heavy (non-hydrogen) atoms. The van der Waals surface area contributed by atoms with Gasteiger partial charge in [-0.05, 0) is 37.5 Å². The summed E-state index contributed by atoms with van der Waals surface area (Å²) in [7, 11) is 2.13. The second-order valence-corrected chi connectivity index (χ2v) is 12.1. The summed E-state index contributed by atoms with van der Waals surface area (Å²) in [4.78, 5) is 34.1. The van der Waals surface area contributed by atoms with Gasteiger partial charge in [0.05, 0.1) is 24.3 Å². The monoisotopic (exact) mass is 614 g/mol. The normalized spacial score (nSPS) is 17.3. The highest BCUT2D eigenvalue weighted by atomic mass is 19.1. The van der Waals surface area contributed by atoms with Crippen molar-refractivity contribution in [3.63, 3.8) is 0 Å². The number of carbonyl (C=O) groups excluding carboxylic acids is 1. The molecule has 2 saturated heterocycles. The first-order valence-corrected chi connectivity index (χ1v) is 15.8. The number of pyridine rings is 1. The maximum absolute atomic E-state index is 15.9. The summed E-state index contributed by atoms with van der Waals surface area (Å²) in [6, 6.07) is 13.0. The maximum atomic E-state index is 15.9. The first kappa shape index (κ1) is 29.7. The zero-order valence-electron chi connectivity index (χ0n) is 25.6. The molecule has 0 spiro atoms. The minimum atomic E-state index is -0.589. The van der Waals surface area contributed by atoms with Gasteiger partial charge in [-0.15, -0.1) is 0 Å². The molecule has 2 N–H and O–H groups in total. The van der Waals surface area contributed by atoms with Crippen LogP contribution in [0.25, 0.3) is 27.4 Å². The number of likely N-dealkylation sites (N-methyl/N-ethyl adjacent to an activating group) is 1. The summed E-state index contributed by atoms with van der Waals surface area (Å²) < 4.78 is 29.7. The van der Waals surface area contributed by atoms with E-state index in [4.69, 9.17) is 9.47 Å². The Labute approximate surface area is 261 Å². The van der Waals surface area contributed by atoms with Gasteiger partial charge in [-0.1, -0.05) is 30.3 Å². The third-order valence-corrected chi connectivity index (χ3v) is 9.13. The molecule has 11 heteroatoms. The molecular weight excluding hydrogens is 575 g/mol. The minimum Gasteiger partial charge on any atom is -0.450 e. The summed E-state index contributed by atoms with van der Waals surface area (Å²) in [5.41, 5.74) is 0.774. The Balaban J connectivity index is 1.23. The minimum absolute atomic E-state index is 0.0382. The number of anilines is 1. The van der Waals surface area contributed by atoms with Crippen LogP contribution in [0.2, 0.25) is 0 Å². The topological polar surface area (TPSA) is 91.3 Å². The fourth-order valence-electron chi connectivity index (χ4n) is 6.51. The van der Waals surface area contributed by atoms with Gasteiger partial charge in [0.25, 0.3) is 5.91 Å². The van der Waals surface area contributed by atoms with Gasteiger partial charge in [0, 0.05) is 70.5 Å². The standard InChI is InChI=1S/C34H39FN6O4/c1-38-13-15-39(16-14-38)11-4-9-36-29-27(35)21-25-30-33(29)45-32-24-6-3-2-5-23(24)7-8-28(32)41(30)22-26(31(25)42)34(43)37-10-12-40-17-19-44-20-18-40/h2-3,5-8,21-22,36H,4,9-20H2,1H3,(H,37,43). The Morgan fingerprint density at radius 2 is 1.69 bits per heavy atom. The molecule has 0 bridgehead atoms. The van der Waals surface area contributed by atoms with Gasteiger partial charge < -0.3 is 34.5 Å². The Morgan fingerprint density at radius 1 is 0.911 bits per heavy atom. The van der Waals surface area contributed by atoms with E-state index in [1.165, 1.54) is 6.07 Å². The molecule has 4 heterocycles. The molecular formula is C34H39FN6O4. The number of morpholine rings is 1. The number of nitrogens with one attached hydrogen (secondary N) is 2. The van der Waals surface area contributed by atoms with Gasteiger partial charge in [0.15, 0.2) is 17.3 Å². The fourth-order valence-corrected chi connectivity index (χ4v) is 6.51. The lowest BCUT2D eigenvalue weighted by molar-refractivity contribution is 0.0383. The molecule has 0 unspecified atom stereocenters. The molecule has 10 nitrogen and oxygen atoms in total. The van der Waals surface area contributed by atoms with Crippen LogP contribution in [0.3, 0.4) is 0 Å². The van der Waals surface area contributed by atoms with Crippen molar-refractivity contribution in [1.29, 1.82) is 0 Å². The zero-order chi connectivity index (χ0) is 30.9. The van der Waals surface area contributed by atoms with Crippen molar-refractivity contribution < 1.29 is 18.7 Å². The van der Waals surface area contributed by atoms with E-state index in [1.807, 2.05) is 41.0 Å². The second kappa shape index (κ2) is 12.8. The number of aromatic nitrogens is 1. The van der Waals surface area contributed by atoms with Crippen LogP contribution < -0.4 is 20.8 Å². The van der Waals surface area contributed by atoms with E-state index in [-0.39, 0.29) is 22.4 Å². The molecule has 7 rings (SSSR count). The zero-order valence-corrected chi connectivity index (χ0v) is 25.6. The van der Waals surface area contributed by atoms with E-state index >= 15 is 4.39 Å². The molecule has 3 aromatic carbocycles. The van der Waals surface area contributed by atoms with E-state index in [9.17, 15) is 9.59 Å². The van der Waals surface area contributed by atoms with Crippen LogP contribution in [0.4, 0.5) is 10.1 Å². The lowest BCUT2D eigenvalue weighted by Crippen LogP contribution is -2.44. The molecule has 3 aliphatic heterocycles. The summed E-state index contributed by atoms with van der Waals surface area (Å²) in [5.74, 6) is -0.268. The molecule has 2 fully saturated rings. The van der Waals surface area contributed by atoms with E-state index < -0.39 is 17.2 Å². The van der Waals surface area contributed by atoms with Gasteiger partial charge in [-0.3, -0.25) is 14.5 Å². The molecule has 4 aromatic rings. The van der Waals surface area contributed by atoms with Crippen LogP contribution in [-0.4, -0.2) is 111 Å². The molecule has 236 valence electrons. The average molecular weight is 615 g/mol. The van der Waals surface area contributed by atoms with Crippen molar-refractivity contribution in [1.82, 2.24) is 24.6 Å². The molecule has 1 amide bonds. The van der Waals surface area contributed by atoms with Gasteiger partial charge in [0.1, 0.15) is 16.8 Å². The van der Waals surface area contributed by atoms with Gasteiger partial charge in [-0.2, -0.15) is 0 Å². The van der Waals surface area contributed by atoms with Crippen LogP contribution in [-0.2, 0) is 4.74 Å². The fraction of sp³-hybridized carbons (Fsp3) is 0.412. The molecule has 1 aromatic heterocycles. The third-order valence-electron chi connectivity index (χ3n) is 9.13. The number of fused-ring (bicyclic) bond motifs is 4. The summed E-state index contributed by atoms with van der Waals surface area (Å²) in [5, 5.41) is 8.11. The Morgan fingerprint density at radius 3 is 2.51 bits per heavy atom. The van der Waals surface area contributed by atoms with Gasteiger partial charge in [-0.25, -0.2) is 4.39 Å². The summed E-state index contributed by atoms with van der Waals surface area (Å²) >= 11 is 0. The number of piperazine rings is 1. The van der Waals surface area contributed by atoms with E-state index in [1.54, 1.807) is 6.20 Å². The molecule has 0 saturated carbocycles. The predicted octanol–water partition coefficient (Wildman–Crippen LogP) is 3.50. The third kappa shape index (κ3) is 5.88. The van der Waals surface area contributed by atoms with Crippen LogP contribution in [0.1, 0.15) is 16.8 Å². The Bertz CT molecular complexity index is 1800. The number of benzene rings is 3. The highest BCUT2D eigenvalue weighted by Crippen LogP contribution is 2.47. The van der Waals surface area contributed by atoms with E-state index in [0.29, 0.717) is 49.8 Å². The molecule has 0 aliphatic carbocycles. The number of nitrogens with zero attached hydrogens (tertiary/aromatic N) is 4. The predicted molar refractivity (Wildman–Crippen MR) is 174 cm³/mol. The lowest BCUT2D eigenvalue weighted by atomic mass is 10.0. The maximum Gasteiger partial charge on any atom is 0.256 e. The Hall–Kier alpha value is -4.03. The first-order valence-electron chi connectivity index (χ1n) is 15.8. The number of rotatable bonds is 9. The van der Waals surface area contributed by atoms with Crippen molar-refractivity contribution >= 4 is 33.3 Å². The largest absolute Gasteiger partial charge is 0.450 e. The van der Waals surface area contributed by atoms with E-state index in [0.717, 1.165) is 63.0 Å². The number of ether oxygens (including phenoxy) is 2. The SMILES string of the molecule is CN1CCN(CCCNc2c(F)cc3c(=O)c(C(=O)NCCN4CCOCC4)cn4c3c2Oc2c-4ccc3ccccc23)CC1. The number of amides is 1. The number of halogens is 1. The highest BCUT2D eigenvalue weighted by molar-refractivity contribution is 6.03. The van der Waals surface area contributed by atoms with Gasteiger partial charge >= 0.3 is 0 Å². The summed E-state index contributed by atoms with van der Waals surface area (Å²) in [6.07, 6.45) is 2.40. The highest BCUT2D eigenvalue weighted by Gasteiger charge is 2.29. The van der Waals surface area contributed by atoms with Crippen molar-refractivity contribution in [3.8, 4) is 17.2 Å². The van der Waals surface area contributed by atoms with Crippen LogP contribution in [0.15, 0.2) is 53.5 Å². The van der Waals surface area contributed by atoms with Crippen LogP contribution >= 0.6 is 0 Å². The van der Waals surface area contributed by atoms with Crippen molar-refractivity contribution in [2.75, 3.05) is 91.0 Å². The second-order valence-electron chi connectivity index (χ2n) is 12.1. The van der Waals surface area contributed by atoms with Crippen molar-refractivity contribution in [2.45, 2.75) is 6.42 Å². The Kier molecular flexibility index (Phi) is 8.41. The summed E-state index contributed by atoms with van der Waals surface area (Å²) in [6.45, 7) is 9.57. The molecule has 0 atom stereocenters. The number of carbonyl (C=O) groups is 1. The van der Waals surface area contributed by atoms with Crippen LogP contribution in [0, 0.1) is 5.82 Å². The van der Waals surface area contributed by atoms with E-state index in [2.05, 4.69) is 32.4 Å². The number of hydrogen-bond donors (Lipinski definition) is 2. The lowest BCUT2D eigenvalue weighted by Gasteiger charge is -2.32.